The molecule has 0 aliphatic heterocycles. The van der Waals surface area contributed by atoms with E-state index in [1.54, 1.807) is 0 Å². The Morgan fingerprint density at radius 1 is 0.970 bits per heavy atom. The van der Waals surface area contributed by atoms with Crippen molar-refractivity contribution in [1.82, 2.24) is 10.6 Å². The van der Waals surface area contributed by atoms with Gasteiger partial charge in [0.1, 0.15) is 12.6 Å². The van der Waals surface area contributed by atoms with Crippen LogP contribution in [0.1, 0.15) is 49.1 Å². The van der Waals surface area contributed by atoms with Crippen molar-refractivity contribution in [2.24, 2.45) is 0 Å². The predicted molar refractivity (Wildman–Crippen MR) is 121 cm³/mol. The summed E-state index contributed by atoms with van der Waals surface area (Å²) in [6, 6.07) is 14.1. The van der Waals surface area contributed by atoms with E-state index in [0.717, 1.165) is 35.1 Å². The number of hydrogen-bond donors (Lipinski definition) is 4. The molecule has 8 nitrogen and oxygen atoms in total. The fourth-order valence-corrected chi connectivity index (χ4v) is 4.73. The summed E-state index contributed by atoms with van der Waals surface area (Å²) >= 11 is 0. The van der Waals surface area contributed by atoms with Gasteiger partial charge >= 0.3 is 12.1 Å². The predicted octanol–water partition coefficient (Wildman–Crippen LogP) is 2.79. The molecule has 0 bridgehead atoms. The van der Waals surface area contributed by atoms with E-state index in [4.69, 9.17) is 4.74 Å². The summed E-state index contributed by atoms with van der Waals surface area (Å²) in [4.78, 5) is 36.5. The quantitative estimate of drug-likeness (QED) is 0.512. The zero-order chi connectivity index (χ0) is 23.4. The lowest BCUT2D eigenvalue weighted by atomic mass is 9.92. The van der Waals surface area contributed by atoms with E-state index >= 15 is 0 Å². The van der Waals surface area contributed by atoms with Crippen LogP contribution in [0.5, 0.6) is 0 Å². The molecular weight excluding hydrogens is 424 g/mol. The number of fused-ring (bicyclic) bond motifs is 3. The number of rotatable bonds is 7. The first-order valence-electron chi connectivity index (χ1n) is 11.3. The molecule has 4 rings (SSSR count). The highest BCUT2D eigenvalue weighted by Crippen LogP contribution is 2.44. The Labute approximate surface area is 192 Å². The fourth-order valence-electron chi connectivity index (χ4n) is 4.73. The minimum absolute atomic E-state index is 0.0581. The van der Waals surface area contributed by atoms with Gasteiger partial charge in [0, 0.05) is 5.92 Å². The van der Waals surface area contributed by atoms with Gasteiger partial charge in [-0.1, -0.05) is 61.4 Å². The van der Waals surface area contributed by atoms with Crippen LogP contribution in [0.3, 0.4) is 0 Å². The van der Waals surface area contributed by atoms with Crippen LogP contribution < -0.4 is 10.6 Å². The maximum absolute atomic E-state index is 12.7. The molecule has 3 atom stereocenters. The number of nitrogens with one attached hydrogen (secondary N) is 2. The van der Waals surface area contributed by atoms with Gasteiger partial charge in [0.05, 0.1) is 18.6 Å². The Morgan fingerprint density at radius 3 is 2.18 bits per heavy atom. The van der Waals surface area contributed by atoms with Crippen molar-refractivity contribution < 1.29 is 29.3 Å². The Hall–Kier alpha value is -3.39. The van der Waals surface area contributed by atoms with Crippen molar-refractivity contribution in [2.75, 3.05) is 6.61 Å². The van der Waals surface area contributed by atoms with Crippen molar-refractivity contribution in [2.45, 2.75) is 56.2 Å². The summed E-state index contributed by atoms with van der Waals surface area (Å²) in [6.45, 7) is 0.0581. The summed E-state index contributed by atoms with van der Waals surface area (Å²) < 4.78 is 5.44. The normalized spacial score (nSPS) is 20.3. The van der Waals surface area contributed by atoms with Crippen LogP contribution in [-0.2, 0) is 14.3 Å². The van der Waals surface area contributed by atoms with Crippen LogP contribution in [0, 0.1) is 0 Å². The number of hydrogen-bond acceptors (Lipinski definition) is 5. The molecule has 174 valence electrons. The van der Waals surface area contributed by atoms with Crippen molar-refractivity contribution in [3.05, 3.63) is 59.7 Å². The Kier molecular flexibility index (Phi) is 6.93. The third kappa shape index (κ3) is 5.17. The van der Waals surface area contributed by atoms with Crippen molar-refractivity contribution >= 4 is 18.0 Å². The molecule has 2 aliphatic carbocycles. The maximum atomic E-state index is 12.7. The second-order valence-electron chi connectivity index (χ2n) is 8.59. The molecule has 2 aliphatic rings. The summed E-state index contributed by atoms with van der Waals surface area (Å²) in [5.74, 6) is -2.01. The van der Waals surface area contributed by atoms with Gasteiger partial charge in [0.15, 0.2) is 0 Å². The summed E-state index contributed by atoms with van der Waals surface area (Å²) in [7, 11) is 0. The van der Waals surface area contributed by atoms with E-state index in [-0.39, 0.29) is 12.5 Å². The number of carboxylic acid groups (broad SMARTS) is 1. The van der Waals surface area contributed by atoms with Gasteiger partial charge in [0.25, 0.3) is 0 Å². The summed E-state index contributed by atoms with van der Waals surface area (Å²) in [6.07, 6.45) is 0.811. The van der Waals surface area contributed by atoms with Gasteiger partial charge in [0.2, 0.25) is 5.91 Å². The standard InChI is InChI=1S/C25H28N2O6/c28-22-12-6-5-11-20(22)26-24(31)21(13-23(29)30)27-25(32)33-14-19-17-9-3-1-7-15(17)16-8-2-4-10-18(16)19/h1-4,7-10,19-22,28H,5-6,11-14H2,(H,26,31)(H,27,32)(H,29,30)/t20-,21?,22-/m0/s1. The largest absolute Gasteiger partial charge is 0.481 e. The molecule has 1 unspecified atom stereocenters. The molecule has 0 aromatic heterocycles. The minimum Gasteiger partial charge on any atom is -0.481 e. The number of aliphatic hydroxyl groups is 1. The molecule has 0 radical (unpaired) electrons. The number of carboxylic acids is 1. The number of benzene rings is 2. The van der Waals surface area contributed by atoms with Crippen molar-refractivity contribution in [3.8, 4) is 11.1 Å². The van der Waals surface area contributed by atoms with Gasteiger partial charge < -0.3 is 25.6 Å². The fraction of sp³-hybridized carbons (Fsp3) is 0.400. The number of carbonyl (C=O) groups excluding carboxylic acids is 2. The van der Waals surface area contributed by atoms with Crippen LogP contribution in [0.25, 0.3) is 11.1 Å². The molecule has 0 heterocycles. The molecule has 0 spiro atoms. The summed E-state index contributed by atoms with van der Waals surface area (Å²) in [5, 5.41) is 24.4. The molecule has 33 heavy (non-hydrogen) atoms. The first-order valence-corrected chi connectivity index (χ1v) is 11.3. The van der Waals surface area contributed by atoms with Gasteiger partial charge in [-0.05, 0) is 35.1 Å². The highest BCUT2D eigenvalue weighted by atomic mass is 16.5. The zero-order valence-corrected chi connectivity index (χ0v) is 18.2. The third-order valence-corrected chi connectivity index (χ3v) is 6.39. The molecule has 2 aromatic carbocycles. The molecular formula is C25H28N2O6. The number of carbonyl (C=O) groups is 3. The first-order chi connectivity index (χ1) is 15.9. The molecule has 1 saturated carbocycles. The second-order valence-corrected chi connectivity index (χ2v) is 8.59. The highest BCUT2D eigenvalue weighted by Gasteiger charge is 2.32. The van der Waals surface area contributed by atoms with Crippen LogP contribution in [-0.4, -0.2) is 53.0 Å². The lowest BCUT2D eigenvalue weighted by Gasteiger charge is -2.29. The van der Waals surface area contributed by atoms with Crippen molar-refractivity contribution in [3.63, 3.8) is 0 Å². The molecule has 8 heteroatoms. The molecule has 1 fully saturated rings. The zero-order valence-electron chi connectivity index (χ0n) is 18.2. The number of amides is 2. The number of aliphatic hydroxyl groups excluding tert-OH is 1. The molecule has 2 aromatic rings. The average molecular weight is 453 g/mol. The average Bonchev–Trinajstić information content (AvgIpc) is 3.12. The monoisotopic (exact) mass is 452 g/mol. The Morgan fingerprint density at radius 2 is 1.58 bits per heavy atom. The van der Waals surface area contributed by atoms with E-state index < -0.39 is 42.6 Å². The number of aliphatic carboxylic acids is 1. The smallest absolute Gasteiger partial charge is 0.407 e. The molecule has 0 saturated heterocycles. The van der Waals surface area contributed by atoms with E-state index in [2.05, 4.69) is 10.6 Å². The van der Waals surface area contributed by atoms with Gasteiger partial charge in [-0.15, -0.1) is 0 Å². The van der Waals surface area contributed by atoms with Crippen LogP contribution in [0.2, 0.25) is 0 Å². The van der Waals surface area contributed by atoms with E-state index in [9.17, 15) is 24.6 Å². The van der Waals surface area contributed by atoms with Crippen LogP contribution in [0.15, 0.2) is 48.5 Å². The molecule has 2 amide bonds. The lowest BCUT2D eigenvalue weighted by Crippen LogP contribution is -2.53. The lowest BCUT2D eigenvalue weighted by molar-refractivity contribution is -0.140. The minimum atomic E-state index is -1.30. The Bertz CT molecular complexity index is 994. The third-order valence-electron chi connectivity index (χ3n) is 6.39. The number of alkyl carbamates (subject to hydrolysis) is 1. The first kappa shape index (κ1) is 22.8. The topological polar surface area (TPSA) is 125 Å². The second kappa shape index (κ2) is 10.0. The van der Waals surface area contributed by atoms with Crippen molar-refractivity contribution in [1.29, 1.82) is 0 Å². The van der Waals surface area contributed by atoms with Crippen LogP contribution in [0.4, 0.5) is 4.79 Å². The Balaban J connectivity index is 1.40. The van der Waals surface area contributed by atoms with Gasteiger partial charge in [-0.2, -0.15) is 0 Å². The number of ether oxygens (including phenoxy) is 1. The highest BCUT2D eigenvalue weighted by molar-refractivity contribution is 5.89. The summed E-state index contributed by atoms with van der Waals surface area (Å²) in [5.41, 5.74) is 4.29. The van der Waals surface area contributed by atoms with E-state index in [1.165, 1.54) is 0 Å². The van der Waals surface area contributed by atoms with Gasteiger partial charge in [-0.3, -0.25) is 9.59 Å². The molecule has 4 N–H and O–H groups in total. The maximum Gasteiger partial charge on any atom is 0.407 e. The van der Waals surface area contributed by atoms with E-state index in [0.29, 0.717) is 12.8 Å². The van der Waals surface area contributed by atoms with Gasteiger partial charge in [-0.25, -0.2) is 4.79 Å². The van der Waals surface area contributed by atoms with Crippen LogP contribution >= 0.6 is 0 Å². The van der Waals surface area contributed by atoms with E-state index in [1.807, 2.05) is 48.5 Å². The SMILES string of the molecule is O=C(O)CC(NC(=O)OCC1c2ccccc2-c2ccccc21)C(=O)N[C@H]1CCCC[C@@H]1O.